The van der Waals surface area contributed by atoms with Gasteiger partial charge >= 0.3 is 5.97 Å². The minimum Gasteiger partial charge on any atom is -0.480 e. The highest BCUT2D eigenvalue weighted by Gasteiger charge is 2.24. The van der Waals surface area contributed by atoms with Crippen LogP contribution in [0.15, 0.2) is 18.2 Å². The number of likely N-dealkylation sites (N-methyl/N-ethyl adjacent to an activating group) is 1. The van der Waals surface area contributed by atoms with Crippen LogP contribution in [0.2, 0.25) is 0 Å². The average molecular weight is 286 g/mol. The van der Waals surface area contributed by atoms with Crippen LogP contribution < -0.4 is 0 Å². The fraction of sp³-hybridized carbons (Fsp3) is 0.385. The fourth-order valence-corrected chi connectivity index (χ4v) is 1.60. The second-order valence-electron chi connectivity index (χ2n) is 4.52. The number of amides is 1. The van der Waals surface area contributed by atoms with Gasteiger partial charge in [-0.15, -0.1) is 0 Å². The van der Waals surface area contributed by atoms with Crippen LogP contribution in [0.1, 0.15) is 10.4 Å². The van der Waals surface area contributed by atoms with Crippen molar-refractivity contribution in [2.75, 3.05) is 33.7 Å². The molecule has 0 saturated heterocycles. The zero-order valence-corrected chi connectivity index (χ0v) is 11.3. The number of rotatable bonds is 6. The zero-order chi connectivity index (χ0) is 15.3. The predicted molar refractivity (Wildman–Crippen MR) is 68.5 cm³/mol. The molecule has 0 fully saturated rings. The molecule has 0 unspecified atom stereocenters. The SMILES string of the molecule is CN(C)CCN(CC(=O)O)C(=O)c1c(F)cccc1F. The Kier molecular flexibility index (Phi) is 5.57. The zero-order valence-electron chi connectivity index (χ0n) is 11.3. The third-order valence-corrected chi connectivity index (χ3v) is 2.61. The minimum absolute atomic E-state index is 0.0614. The summed E-state index contributed by atoms with van der Waals surface area (Å²) in [4.78, 5) is 25.5. The quantitative estimate of drug-likeness (QED) is 0.849. The molecule has 110 valence electrons. The number of hydrogen-bond donors (Lipinski definition) is 1. The van der Waals surface area contributed by atoms with Crippen LogP contribution in [-0.4, -0.2) is 60.5 Å². The van der Waals surface area contributed by atoms with E-state index in [9.17, 15) is 18.4 Å². The molecular formula is C13H16F2N2O3. The summed E-state index contributed by atoms with van der Waals surface area (Å²) in [6.07, 6.45) is 0. The molecule has 7 heteroatoms. The van der Waals surface area contributed by atoms with E-state index in [1.165, 1.54) is 0 Å². The van der Waals surface area contributed by atoms with Crippen LogP contribution in [0.4, 0.5) is 8.78 Å². The van der Waals surface area contributed by atoms with Gasteiger partial charge in [-0.3, -0.25) is 9.59 Å². The maximum absolute atomic E-state index is 13.6. The summed E-state index contributed by atoms with van der Waals surface area (Å²) in [5.74, 6) is -4.22. The Bertz CT molecular complexity index is 486. The lowest BCUT2D eigenvalue weighted by molar-refractivity contribution is -0.137. The number of nitrogens with zero attached hydrogens (tertiary/aromatic N) is 2. The summed E-state index contributed by atoms with van der Waals surface area (Å²) in [6.45, 7) is -0.165. The normalized spacial score (nSPS) is 10.7. The molecule has 0 aliphatic carbocycles. The average Bonchev–Trinajstić information content (AvgIpc) is 2.33. The lowest BCUT2D eigenvalue weighted by Gasteiger charge is -2.23. The standard InChI is InChI=1S/C13H16F2N2O3/c1-16(2)6-7-17(8-11(18)19)13(20)12-9(14)4-3-5-10(12)15/h3-5H,6-8H2,1-2H3,(H,18,19). The maximum Gasteiger partial charge on any atom is 0.323 e. The summed E-state index contributed by atoms with van der Waals surface area (Å²) in [5.41, 5.74) is -0.729. The van der Waals surface area contributed by atoms with E-state index in [1.807, 2.05) is 0 Å². The summed E-state index contributed by atoms with van der Waals surface area (Å²) in [6, 6.07) is 3.06. The molecule has 1 aromatic carbocycles. The van der Waals surface area contributed by atoms with Crippen molar-refractivity contribution < 1.29 is 23.5 Å². The van der Waals surface area contributed by atoms with Gasteiger partial charge in [0, 0.05) is 13.1 Å². The molecule has 0 bridgehead atoms. The Hall–Kier alpha value is -2.02. The number of carboxylic acid groups (broad SMARTS) is 1. The molecule has 0 aliphatic rings. The first kappa shape index (κ1) is 16.0. The van der Waals surface area contributed by atoms with Crippen molar-refractivity contribution in [3.05, 3.63) is 35.4 Å². The number of carbonyl (C=O) groups excluding carboxylic acids is 1. The summed E-state index contributed by atoms with van der Waals surface area (Å²) in [5, 5.41) is 8.79. The number of carboxylic acids is 1. The van der Waals surface area contributed by atoms with Gasteiger partial charge in [0.1, 0.15) is 23.7 Å². The second-order valence-corrected chi connectivity index (χ2v) is 4.52. The van der Waals surface area contributed by atoms with Crippen LogP contribution in [-0.2, 0) is 4.79 Å². The molecule has 20 heavy (non-hydrogen) atoms. The molecule has 1 N–H and O–H groups in total. The first-order valence-electron chi connectivity index (χ1n) is 5.92. The fourth-order valence-electron chi connectivity index (χ4n) is 1.60. The van der Waals surface area contributed by atoms with Gasteiger partial charge in [0.2, 0.25) is 0 Å². The molecular weight excluding hydrogens is 270 g/mol. The highest BCUT2D eigenvalue weighted by atomic mass is 19.1. The second kappa shape index (κ2) is 6.95. The van der Waals surface area contributed by atoms with E-state index in [0.29, 0.717) is 6.54 Å². The third kappa shape index (κ3) is 4.27. The molecule has 5 nitrogen and oxygen atoms in total. The van der Waals surface area contributed by atoms with Gasteiger partial charge in [0.15, 0.2) is 0 Å². The number of hydrogen-bond acceptors (Lipinski definition) is 3. The molecule has 0 aliphatic heterocycles. The molecule has 0 saturated carbocycles. The minimum atomic E-state index is -1.24. The number of halogens is 2. The van der Waals surface area contributed by atoms with Crippen molar-refractivity contribution in [1.82, 2.24) is 9.80 Å². The van der Waals surface area contributed by atoms with Crippen molar-refractivity contribution >= 4 is 11.9 Å². The van der Waals surface area contributed by atoms with E-state index in [1.54, 1.807) is 19.0 Å². The summed E-state index contributed by atoms with van der Waals surface area (Å²) >= 11 is 0. The van der Waals surface area contributed by atoms with Gasteiger partial charge in [-0.2, -0.15) is 0 Å². The van der Waals surface area contributed by atoms with E-state index in [2.05, 4.69) is 0 Å². The van der Waals surface area contributed by atoms with Crippen LogP contribution >= 0.6 is 0 Å². The van der Waals surface area contributed by atoms with Crippen molar-refractivity contribution in [2.24, 2.45) is 0 Å². The van der Waals surface area contributed by atoms with Gasteiger partial charge < -0.3 is 14.9 Å². The number of aliphatic carboxylic acids is 1. The Morgan fingerprint density at radius 1 is 1.15 bits per heavy atom. The Balaban J connectivity index is 3.00. The highest BCUT2D eigenvalue weighted by Crippen LogP contribution is 2.14. The van der Waals surface area contributed by atoms with Gasteiger partial charge in [-0.25, -0.2) is 8.78 Å². The molecule has 0 heterocycles. The van der Waals surface area contributed by atoms with Crippen molar-refractivity contribution in [2.45, 2.75) is 0 Å². The van der Waals surface area contributed by atoms with Crippen LogP contribution in [0.5, 0.6) is 0 Å². The molecule has 0 atom stereocenters. The van der Waals surface area contributed by atoms with E-state index >= 15 is 0 Å². The molecule has 1 rings (SSSR count). The number of carbonyl (C=O) groups is 2. The molecule has 1 amide bonds. The van der Waals surface area contributed by atoms with Gasteiger partial charge in [-0.05, 0) is 26.2 Å². The van der Waals surface area contributed by atoms with Crippen LogP contribution in [0.3, 0.4) is 0 Å². The van der Waals surface area contributed by atoms with E-state index in [-0.39, 0.29) is 6.54 Å². The third-order valence-electron chi connectivity index (χ3n) is 2.61. The van der Waals surface area contributed by atoms with E-state index in [4.69, 9.17) is 5.11 Å². The monoisotopic (exact) mass is 286 g/mol. The van der Waals surface area contributed by atoms with Crippen LogP contribution in [0, 0.1) is 11.6 Å². The van der Waals surface area contributed by atoms with Crippen LogP contribution in [0.25, 0.3) is 0 Å². The smallest absolute Gasteiger partial charge is 0.323 e. The van der Waals surface area contributed by atoms with Gasteiger partial charge in [0.25, 0.3) is 5.91 Å². The summed E-state index contributed by atoms with van der Waals surface area (Å²) in [7, 11) is 3.49. The van der Waals surface area contributed by atoms with Gasteiger partial charge in [-0.1, -0.05) is 6.07 Å². The maximum atomic E-state index is 13.6. The highest BCUT2D eigenvalue weighted by molar-refractivity contribution is 5.96. The lowest BCUT2D eigenvalue weighted by Crippen LogP contribution is -2.40. The van der Waals surface area contributed by atoms with E-state index < -0.39 is 35.6 Å². The Morgan fingerprint density at radius 3 is 2.15 bits per heavy atom. The first-order valence-corrected chi connectivity index (χ1v) is 5.92. The molecule has 0 aromatic heterocycles. The van der Waals surface area contributed by atoms with E-state index in [0.717, 1.165) is 23.1 Å². The Labute approximate surface area is 115 Å². The molecule has 0 radical (unpaired) electrons. The first-order chi connectivity index (χ1) is 9.32. The van der Waals surface area contributed by atoms with Gasteiger partial charge in [0.05, 0.1) is 0 Å². The lowest BCUT2D eigenvalue weighted by atomic mass is 10.1. The van der Waals surface area contributed by atoms with Crippen molar-refractivity contribution in [3.63, 3.8) is 0 Å². The number of benzene rings is 1. The Morgan fingerprint density at radius 2 is 1.70 bits per heavy atom. The topological polar surface area (TPSA) is 60.9 Å². The summed E-state index contributed by atoms with van der Waals surface area (Å²) < 4.78 is 27.1. The largest absolute Gasteiger partial charge is 0.480 e. The predicted octanol–water partition coefficient (Wildman–Crippen LogP) is 1.05. The molecule has 1 aromatic rings. The van der Waals surface area contributed by atoms with Crippen molar-refractivity contribution in [3.8, 4) is 0 Å². The van der Waals surface area contributed by atoms with Crippen molar-refractivity contribution in [1.29, 1.82) is 0 Å². The molecule has 0 spiro atoms.